The molecule has 146 valence electrons. The van der Waals surface area contributed by atoms with Crippen molar-refractivity contribution in [3.63, 3.8) is 0 Å². The van der Waals surface area contributed by atoms with Gasteiger partial charge in [-0.2, -0.15) is 0 Å². The average molecular weight is 379 g/mol. The van der Waals surface area contributed by atoms with E-state index in [1.54, 1.807) is 0 Å². The zero-order valence-corrected chi connectivity index (χ0v) is 17.1. The Balaban J connectivity index is 1.53. The number of thiocarbonyl (C=S) groups is 1. The van der Waals surface area contributed by atoms with Gasteiger partial charge in [0.2, 0.25) is 0 Å². The van der Waals surface area contributed by atoms with Crippen molar-refractivity contribution in [3.8, 4) is 0 Å². The Morgan fingerprint density at radius 2 is 2.04 bits per heavy atom. The largest absolute Gasteiger partial charge is 0.379 e. The number of hydrogen-bond acceptors (Lipinski definition) is 3. The molecule has 26 heavy (non-hydrogen) atoms. The van der Waals surface area contributed by atoms with Gasteiger partial charge in [0.1, 0.15) is 0 Å². The third kappa shape index (κ3) is 5.21. The number of nitrogens with zero attached hydrogens (tertiary/aromatic N) is 3. The fraction of sp³-hybridized carbons (Fsp3) is 0.750. The molecule has 0 amide bonds. The molecule has 1 N–H and O–H groups in total. The zero-order chi connectivity index (χ0) is 18.4. The SMILES string of the molecule is C[C@H]1CC[C@H](c2cccn2C)N(C(=S)NCCCN2CCOCC2)CC1. The van der Waals surface area contributed by atoms with Crippen LogP contribution in [0.15, 0.2) is 18.3 Å². The quantitative estimate of drug-likeness (QED) is 0.629. The summed E-state index contributed by atoms with van der Waals surface area (Å²) in [5.74, 6) is 0.770. The van der Waals surface area contributed by atoms with Gasteiger partial charge in [0.25, 0.3) is 0 Å². The highest BCUT2D eigenvalue weighted by atomic mass is 32.1. The molecule has 2 aliphatic heterocycles. The summed E-state index contributed by atoms with van der Waals surface area (Å²) in [6.07, 6.45) is 6.93. The first-order valence-electron chi connectivity index (χ1n) is 10.1. The second-order valence-corrected chi connectivity index (χ2v) is 8.15. The molecule has 0 radical (unpaired) electrons. The lowest BCUT2D eigenvalue weighted by molar-refractivity contribution is 0.0375. The van der Waals surface area contributed by atoms with Gasteiger partial charge in [-0.15, -0.1) is 0 Å². The van der Waals surface area contributed by atoms with E-state index in [9.17, 15) is 0 Å². The van der Waals surface area contributed by atoms with Gasteiger partial charge < -0.3 is 19.5 Å². The summed E-state index contributed by atoms with van der Waals surface area (Å²) in [6.45, 7) is 9.34. The van der Waals surface area contributed by atoms with Crippen LogP contribution in [0.25, 0.3) is 0 Å². The van der Waals surface area contributed by atoms with Crippen LogP contribution in [-0.4, -0.2) is 65.4 Å². The van der Waals surface area contributed by atoms with Crippen LogP contribution < -0.4 is 5.32 Å². The Bertz CT molecular complexity index is 570. The van der Waals surface area contributed by atoms with E-state index < -0.39 is 0 Å². The maximum absolute atomic E-state index is 5.81. The molecule has 0 bridgehead atoms. The first kappa shape index (κ1) is 19.6. The highest BCUT2D eigenvalue weighted by molar-refractivity contribution is 7.80. The molecular weight excluding hydrogens is 344 g/mol. The van der Waals surface area contributed by atoms with E-state index in [0.29, 0.717) is 6.04 Å². The number of hydrogen-bond donors (Lipinski definition) is 1. The summed E-state index contributed by atoms with van der Waals surface area (Å²) >= 11 is 5.81. The van der Waals surface area contributed by atoms with Gasteiger partial charge in [0.05, 0.1) is 19.3 Å². The minimum atomic E-state index is 0.388. The molecule has 2 saturated heterocycles. The number of aryl methyl sites for hydroxylation is 1. The molecular formula is C20H34N4OS. The van der Waals surface area contributed by atoms with E-state index in [1.807, 2.05) is 0 Å². The van der Waals surface area contributed by atoms with Crippen molar-refractivity contribution >= 4 is 17.3 Å². The first-order valence-corrected chi connectivity index (χ1v) is 10.5. The normalized spacial score (nSPS) is 25.1. The first-order chi connectivity index (χ1) is 12.6. The summed E-state index contributed by atoms with van der Waals surface area (Å²) in [5, 5.41) is 4.46. The van der Waals surface area contributed by atoms with Crippen molar-refractivity contribution in [3.05, 3.63) is 24.0 Å². The lowest BCUT2D eigenvalue weighted by atomic mass is 10.0. The van der Waals surface area contributed by atoms with E-state index in [0.717, 1.165) is 63.4 Å². The molecule has 3 heterocycles. The number of aromatic nitrogens is 1. The topological polar surface area (TPSA) is 32.7 Å². The van der Waals surface area contributed by atoms with Crippen LogP contribution in [0, 0.1) is 5.92 Å². The molecule has 6 heteroatoms. The molecule has 2 aliphatic rings. The molecule has 0 aromatic carbocycles. The molecule has 0 saturated carbocycles. The second kappa shape index (κ2) is 9.72. The zero-order valence-electron chi connectivity index (χ0n) is 16.3. The van der Waals surface area contributed by atoms with Crippen molar-refractivity contribution in [2.45, 2.75) is 38.6 Å². The maximum Gasteiger partial charge on any atom is 0.169 e. The van der Waals surface area contributed by atoms with Gasteiger partial charge in [0, 0.05) is 45.1 Å². The summed E-state index contributed by atoms with van der Waals surface area (Å²) in [4.78, 5) is 4.91. The van der Waals surface area contributed by atoms with E-state index in [4.69, 9.17) is 17.0 Å². The number of nitrogens with one attached hydrogen (secondary N) is 1. The number of ether oxygens (including phenoxy) is 1. The lowest BCUT2D eigenvalue weighted by Crippen LogP contribution is -2.43. The highest BCUT2D eigenvalue weighted by Crippen LogP contribution is 2.32. The van der Waals surface area contributed by atoms with E-state index in [1.165, 1.54) is 25.0 Å². The molecule has 0 spiro atoms. The average Bonchev–Trinajstić information content (AvgIpc) is 2.98. The van der Waals surface area contributed by atoms with Crippen LogP contribution in [0.4, 0.5) is 0 Å². The van der Waals surface area contributed by atoms with Crippen LogP contribution in [0.3, 0.4) is 0 Å². The molecule has 2 atom stereocenters. The molecule has 2 fully saturated rings. The third-order valence-electron chi connectivity index (χ3n) is 5.79. The van der Waals surface area contributed by atoms with Crippen molar-refractivity contribution in [2.75, 3.05) is 45.9 Å². The van der Waals surface area contributed by atoms with Crippen LogP contribution in [0.2, 0.25) is 0 Å². The van der Waals surface area contributed by atoms with E-state index in [-0.39, 0.29) is 0 Å². The monoisotopic (exact) mass is 378 g/mol. The third-order valence-corrected chi connectivity index (χ3v) is 6.17. The van der Waals surface area contributed by atoms with Crippen LogP contribution >= 0.6 is 12.2 Å². The Labute approximate surface area is 163 Å². The second-order valence-electron chi connectivity index (χ2n) is 7.76. The minimum absolute atomic E-state index is 0.388. The summed E-state index contributed by atoms with van der Waals surface area (Å²) in [7, 11) is 2.14. The van der Waals surface area contributed by atoms with Gasteiger partial charge in [-0.25, -0.2) is 0 Å². The van der Waals surface area contributed by atoms with Gasteiger partial charge in [-0.3, -0.25) is 4.90 Å². The fourth-order valence-electron chi connectivity index (χ4n) is 4.05. The van der Waals surface area contributed by atoms with Gasteiger partial charge in [0.15, 0.2) is 5.11 Å². The molecule has 0 unspecified atom stereocenters. The Morgan fingerprint density at radius 1 is 1.23 bits per heavy atom. The summed E-state index contributed by atoms with van der Waals surface area (Å²) in [5.41, 5.74) is 1.37. The number of morpholine rings is 1. The van der Waals surface area contributed by atoms with Crippen molar-refractivity contribution < 1.29 is 4.74 Å². The smallest absolute Gasteiger partial charge is 0.169 e. The lowest BCUT2D eigenvalue weighted by Gasteiger charge is -2.33. The van der Waals surface area contributed by atoms with Crippen molar-refractivity contribution in [2.24, 2.45) is 13.0 Å². The van der Waals surface area contributed by atoms with Gasteiger partial charge in [-0.05, 0) is 62.5 Å². The van der Waals surface area contributed by atoms with Crippen LogP contribution in [0.5, 0.6) is 0 Å². The highest BCUT2D eigenvalue weighted by Gasteiger charge is 2.28. The van der Waals surface area contributed by atoms with E-state index in [2.05, 4.69) is 52.0 Å². The fourth-order valence-corrected chi connectivity index (χ4v) is 4.37. The Morgan fingerprint density at radius 3 is 2.77 bits per heavy atom. The summed E-state index contributed by atoms with van der Waals surface area (Å²) < 4.78 is 7.66. The van der Waals surface area contributed by atoms with Crippen molar-refractivity contribution in [1.82, 2.24) is 19.7 Å². The standard InChI is InChI=1S/C20H34N4OS/c1-17-6-7-19(18-5-3-10-22(18)2)24(12-8-17)20(26)21-9-4-11-23-13-15-25-16-14-23/h3,5,10,17,19H,4,6-9,11-16H2,1-2H3,(H,21,26)/t17-,19+/m0/s1. The van der Waals surface area contributed by atoms with Gasteiger partial charge >= 0.3 is 0 Å². The predicted octanol–water partition coefficient (Wildman–Crippen LogP) is 2.79. The van der Waals surface area contributed by atoms with Crippen molar-refractivity contribution in [1.29, 1.82) is 0 Å². The predicted molar refractivity (Wildman–Crippen MR) is 110 cm³/mol. The molecule has 1 aromatic heterocycles. The Hall–Kier alpha value is -1.11. The van der Waals surface area contributed by atoms with Crippen LogP contribution in [0.1, 0.15) is 44.3 Å². The maximum atomic E-state index is 5.81. The molecule has 5 nitrogen and oxygen atoms in total. The van der Waals surface area contributed by atoms with Gasteiger partial charge in [-0.1, -0.05) is 6.92 Å². The van der Waals surface area contributed by atoms with Crippen LogP contribution in [-0.2, 0) is 11.8 Å². The summed E-state index contributed by atoms with van der Waals surface area (Å²) in [6, 6.07) is 4.77. The molecule has 0 aliphatic carbocycles. The molecule has 3 rings (SSSR count). The minimum Gasteiger partial charge on any atom is -0.379 e. The number of rotatable bonds is 5. The van der Waals surface area contributed by atoms with E-state index >= 15 is 0 Å². The number of likely N-dealkylation sites (tertiary alicyclic amines) is 1. The Kier molecular flexibility index (Phi) is 7.34. The molecule has 1 aromatic rings.